The Balaban J connectivity index is 1.61. The summed E-state index contributed by atoms with van der Waals surface area (Å²) in [6.45, 7) is 4.25. The first kappa shape index (κ1) is 16.2. The molecule has 0 saturated heterocycles. The molecule has 4 rings (SSSR count). The molecule has 0 aliphatic carbocycles. The molecule has 2 aromatic carbocycles. The Labute approximate surface area is 149 Å². The van der Waals surface area contributed by atoms with E-state index in [-0.39, 0.29) is 19.2 Å². The number of ether oxygens (including phenoxy) is 2. The molecule has 26 heavy (non-hydrogen) atoms. The molecule has 0 spiro atoms. The van der Waals surface area contributed by atoms with Gasteiger partial charge in [-0.25, -0.2) is 4.79 Å². The molecule has 0 radical (unpaired) electrons. The third kappa shape index (κ3) is 2.79. The average molecular weight is 351 g/mol. The van der Waals surface area contributed by atoms with Gasteiger partial charge >= 0.3 is 5.63 Å². The van der Waals surface area contributed by atoms with Gasteiger partial charge in [0, 0.05) is 23.6 Å². The van der Waals surface area contributed by atoms with E-state index in [9.17, 15) is 9.59 Å². The number of fused-ring (bicyclic) bond motifs is 2. The summed E-state index contributed by atoms with van der Waals surface area (Å²) >= 11 is 0. The van der Waals surface area contributed by atoms with Gasteiger partial charge in [0.15, 0.2) is 11.5 Å². The van der Waals surface area contributed by atoms with Gasteiger partial charge in [0.1, 0.15) is 5.58 Å². The second kappa shape index (κ2) is 6.22. The largest absolute Gasteiger partial charge is 0.454 e. The Morgan fingerprint density at radius 3 is 2.73 bits per heavy atom. The van der Waals surface area contributed by atoms with Gasteiger partial charge in [-0.3, -0.25) is 4.79 Å². The van der Waals surface area contributed by atoms with Crippen LogP contribution in [0, 0.1) is 13.8 Å². The summed E-state index contributed by atoms with van der Waals surface area (Å²) in [6.07, 6.45) is 0. The summed E-state index contributed by atoms with van der Waals surface area (Å²) in [4.78, 5) is 24.4. The van der Waals surface area contributed by atoms with Crippen molar-refractivity contribution in [3.05, 3.63) is 69.1 Å². The van der Waals surface area contributed by atoms with Crippen LogP contribution in [0.3, 0.4) is 0 Å². The molecule has 0 bridgehead atoms. The number of carbonyl (C=O) groups is 1. The highest BCUT2D eigenvalue weighted by molar-refractivity contribution is 5.95. The van der Waals surface area contributed by atoms with Gasteiger partial charge < -0.3 is 19.2 Å². The summed E-state index contributed by atoms with van der Waals surface area (Å²) in [5, 5.41) is 3.66. The van der Waals surface area contributed by atoms with Crippen LogP contribution in [0.2, 0.25) is 0 Å². The first-order valence-electron chi connectivity index (χ1n) is 8.24. The molecule has 0 unspecified atom stereocenters. The highest BCUT2D eigenvalue weighted by Gasteiger charge is 2.16. The Hall–Kier alpha value is -3.28. The SMILES string of the molecule is Cc1ccc2c(CNC(=O)c3ccc4c(c3)OCO4)cc(=O)oc2c1C. The van der Waals surface area contributed by atoms with Crippen molar-refractivity contribution in [2.24, 2.45) is 0 Å². The molecular formula is C20H17NO5. The normalized spacial score (nSPS) is 12.4. The lowest BCUT2D eigenvalue weighted by atomic mass is 10.0. The monoisotopic (exact) mass is 351 g/mol. The number of rotatable bonds is 3. The van der Waals surface area contributed by atoms with E-state index < -0.39 is 5.63 Å². The van der Waals surface area contributed by atoms with E-state index in [0.717, 1.165) is 16.5 Å². The number of amides is 1. The second-order valence-electron chi connectivity index (χ2n) is 6.23. The maximum absolute atomic E-state index is 12.5. The zero-order valence-corrected chi connectivity index (χ0v) is 14.4. The molecule has 132 valence electrons. The minimum absolute atomic E-state index is 0.158. The molecule has 0 fully saturated rings. The van der Waals surface area contributed by atoms with Crippen molar-refractivity contribution in [1.82, 2.24) is 5.32 Å². The van der Waals surface area contributed by atoms with Gasteiger partial charge in [0.05, 0.1) is 0 Å². The lowest BCUT2D eigenvalue weighted by Crippen LogP contribution is -2.23. The van der Waals surface area contributed by atoms with Crippen molar-refractivity contribution in [2.45, 2.75) is 20.4 Å². The summed E-state index contributed by atoms with van der Waals surface area (Å²) < 4.78 is 15.9. The number of carbonyl (C=O) groups excluding carboxylic acids is 1. The molecule has 6 nitrogen and oxygen atoms in total. The summed E-state index contributed by atoms with van der Waals surface area (Å²) in [7, 11) is 0. The third-order valence-corrected chi connectivity index (χ3v) is 4.59. The number of nitrogens with one attached hydrogen (secondary N) is 1. The second-order valence-corrected chi connectivity index (χ2v) is 6.23. The quantitative estimate of drug-likeness (QED) is 0.734. The molecule has 0 saturated carbocycles. The lowest BCUT2D eigenvalue weighted by molar-refractivity contribution is 0.0950. The number of aryl methyl sites for hydroxylation is 2. The molecule has 2 heterocycles. The first-order valence-corrected chi connectivity index (χ1v) is 8.24. The average Bonchev–Trinajstić information content (AvgIpc) is 3.10. The van der Waals surface area contributed by atoms with E-state index in [1.54, 1.807) is 18.2 Å². The summed E-state index contributed by atoms with van der Waals surface area (Å²) in [5.74, 6) is 0.919. The van der Waals surface area contributed by atoms with Crippen LogP contribution in [0.5, 0.6) is 11.5 Å². The number of benzene rings is 2. The van der Waals surface area contributed by atoms with Crippen LogP contribution in [0.4, 0.5) is 0 Å². The van der Waals surface area contributed by atoms with Crippen molar-refractivity contribution >= 4 is 16.9 Å². The van der Waals surface area contributed by atoms with Gasteiger partial charge in [0.25, 0.3) is 5.91 Å². The molecule has 1 N–H and O–H groups in total. The Morgan fingerprint density at radius 1 is 1.08 bits per heavy atom. The van der Waals surface area contributed by atoms with E-state index in [1.165, 1.54) is 6.07 Å². The highest BCUT2D eigenvalue weighted by Crippen LogP contribution is 2.32. The topological polar surface area (TPSA) is 77.8 Å². The minimum atomic E-state index is -0.432. The van der Waals surface area contributed by atoms with E-state index in [2.05, 4.69) is 5.32 Å². The van der Waals surface area contributed by atoms with Crippen LogP contribution >= 0.6 is 0 Å². The van der Waals surface area contributed by atoms with Crippen LogP contribution in [0.25, 0.3) is 11.0 Å². The predicted octanol–water partition coefficient (Wildman–Crippen LogP) is 3.07. The molecule has 6 heteroatoms. The van der Waals surface area contributed by atoms with E-state index in [4.69, 9.17) is 13.9 Å². The van der Waals surface area contributed by atoms with Gasteiger partial charge in [-0.15, -0.1) is 0 Å². The molecular weight excluding hydrogens is 334 g/mol. The fourth-order valence-corrected chi connectivity index (χ4v) is 2.99. The maximum Gasteiger partial charge on any atom is 0.336 e. The lowest BCUT2D eigenvalue weighted by Gasteiger charge is -2.10. The van der Waals surface area contributed by atoms with Crippen molar-refractivity contribution in [3.63, 3.8) is 0 Å². The van der Waals surface area contributed by atoms with Crippen LogP contribution < -0.4 is 20.4 Å². The molecule has 1 amide bonds. The third-order valence-electron chi connectivity index (χ3n) is 4.59. The fourth-order valence-electron chi connectivity index (χ4n) is 2.99. The van der Waals surface area contributed by atoms with Crippen molar-refractivity contribution in [3.8, 4) is 11.5 Å². The molecule has 3 aromatic rings. The molecule has 0 atom stereocenters. The number of hydrogen-bond acceptors (Lipinski definition) is 5. The van der Waals surface area contributed by atoms with E-state index >= 15 is 0 Å². The first-order chi connectivity index (χ1) is 12.5. The van der Waals surface area contributed by atoms with Crippen LogP contribution in [0.15, 0.2) is 45.6 Å². The maximum atomic E-state index is 12.5. The van der Waals surface area contributed by atoms with Gasteiger partial charge in [-0.2, -0.15) is 0 Å². The van der Waals surface area contributed by atoms with Crippen molar-refractivity contribution in [1.29, 1.82) is 0 Å². The Morgan fingerprint density at radius 2 is 1.88 bits per heavy atom. The smallest absolute Gasteiger partial charge is 0.336 e. The predicted molar refractivity (Wildman–Crippen MR) is 95.7 cm³/mol. The highest BCUT2D eigenvalue weighted by atomic mass is 16.7. The van der Waals surface area contributed by atoms with Gasteiger partial charge in [0.2, 0.25) is 6.79 Å². The summed E-state index contributed by atoms with van der Waals surface area (Å²) in [5.41, 5.74) is 3.27. The van der Waals surface area contributed by atoms with Crippen molar-refractivity contribution < 1.29 is 18.7 Å². The van der Waals surface area contributed by atoms with Crippen LogP contribution in [0.1, 0.15) is 27.0 Å². The fraction of sp³-hybridized carbons (Fsp3) is 0.200. The van der Waals surface area contributed by atoms with Crippen LogP contribution in [-0.2, 0) is 6.54 Å². The van der Waals surface area contributed by atoms with E-state index in [0.29, 0.717) is 28.2 Å². The Bertz CT molecular complexity index is 1080. The Kier molecular flexibility index (Phi) is 3.88. The molecule has 1 aromatic heterocycles. The van der Waals surface area contributed by atoms with Crippen molar-refractivity contribution in [2.75, 3.05) is 6.79 Å². The van der Waals surface area contributed by atoms with Crippen LogP contribution in [-0.4, -0.2) is 12.7 Å². The zero-order valence-electron chi connectivity index (χ0n) is 14.4. The van der Waals surface area contributed by atoms with Gasteiger partial charge in [-0.05, 0) is 48.7 Å². The molecule has 1 aliphatic heterocycles. The van der Waals surface area contributed by atoms with Gasteiger partial charge in [-0.1, -0.05) is 12.1 Å². The standard InChI is InChI=1S/C20H17NO5/c1-11-3-5-15-14(8-18(22)26-19(15)12(11)2)9-21-20(23)13-4-6-16-17(7-13)25-10-24-16/h3-8H,9-10H2,1-2H3,(H,21,23). The minimum Gasteiger partial charge on any atom is -0.454 e. The zero-order chi connectivity index (χ0) is 18.3. The summed E-state index contributed by atoms with van der Waals surface area (Å²) in [6, 6.07) is 10.3. The van der Waals surface area contributed by atoms with E-state index in [1.807, 2.05) is 26.0 Å². The molecule has 1 aliphatic rings. The number of hydrogen-bond donors (Lipinski definition) is 1.